The average Bonchev–Trinajstić information content (AvgIpc) is 3.18. The summed E-state index contributed by atoms with van der Waals surface area (Å²) in [5, 5.41) is 4.93. The lowest BCUT2D eigenvalue weighted by molar-refractivity contribution is 0.432. The van der Waals surface area contributed by atoms with Crippen LogP contribution in [0, 0.1) is 0 Å². The van der Waals surface area contributed by atoms with Gasteiger partial charge in [0.25, 0.3) is 11.4 Å². The largest absolute Gasteiger partial charge is 0.334 e. The van der Waals surface area contributed by atoms with Crippen molar-refractivity contribution < 1.29 is 4.52 Å². The van der Waals surface area contributed by atoms with Gasteiger partial charge in [-0.15, -0.1) is 0 Å². The minimum atomic E-state index is -0.426. The maximum absolute atomic E-state index is 12.6. The van der Waals surface area contributed by atoms with E-state index in [4.69, 9.17) is 16.1 Å². The first-order valence-corrected chi connectivity index (χ1v) is 9.32. The zero-order valence-corrected chi connectivity index (χ0v) is 15.9. The molecule has 0 bridgehead atoms. The smallest absolute Gasteiger partial charge is 0.328 e. The lowest BCUT2D eigenvalue weighted by Gasteiger charge is -2.06. The molecule has 2 aromatic heterocycles. The lowest BCUT2D eigenvalue weighted by atomic mass is 10.1. The zero-order valence-electron chi connectivity index (χ0n) is 15.1. The van der Waals surface area contributed by atoms with Crippen molar-refractivity contribution in [1.29, 1.82) is 0 Å². The summed E-state index contributed by atoms with van der Waals surface area (Å²) in [6, 6.07) is 12.2. The van der Waals surface area contributed by atoms with Gasteiger partial charge < -0.3 is 9.51 Å². The summed E-state index contributed by atoms with van der Waals surface area (Å²) in [4.78, 5) is 32.0. The molecule has 0 atom stereocenters. The summed E-state index contributed by atoms with van der Waals surface area (Å²) < 4.78 is 6.58. The molecule has 8 heteroatoms. The van der Waals surface area contributed by atoms with Crippen LogP contribution in [0.15, 0.2) is 56.6 Å². The van der Waals surface area contributed by atoms with Crippen LogP contribution in [0.3, 0.4) is 0 Å². The van der Waals surface area contributed by atoms with Crippen LogP contribution in [-0.4, -0.2) is 19.7 Å². The lowest BCUT2D eigenvalue weighted by Crippen LogP contribution is -2.35. The number of nitrogens with one attached hydrogen (secondary N) is 1. The summed E-state index contributed by atoms with van der Waals surface area (Å²) in [5.41, 5.74) is 0.955. The highest BCUT2D eigenvalue weighted by atomic mass is 35.5. The van der Waals surface area contributed by atoms with Gasteiger partial charge in [-0.2, -0.15) is 4.98 Å². The van der Waals surface area contributed by atoms with E-state index in [2.05, 4.69) is 15.1 Å². The molecule has 142 valence electrons. The molecule has 0 saturated heterocycles. The Morgan fingerprint density at radius 2 is 2.00 bits per heavy atom. The molecule has 7 nitrogen and oxygen atoms in total. The highest BCUT2D eigenvalue weighted by molar-refractivity contribution is 6.33. The number of hydrogen-bond acceptors (Lipinski definition) is 5. The molecule has 4 rings (SSSR count). The van der Waals surface area contributed by atoms with E-state index in [1.165, 1.54) is 4.57 Å². The Morgan fingerprint density at radius 1 is 1.18 bits per heavy atom. The highest BCUT2D eigenvalue weighted by Gasteiger charge is 2.15. The van der Waals surface area contributed by atoms with Gasteiger partial charge in [-0.3, -0.25) is 9.36 Å². The number of H-pyrrole nitrogens is 1. The molecule has 0 radical (unpaired) electrons. The predicted octanol–water partition coefficient (Wildman–Crippen LogP) is 3.86. The number of unbranched alkanes of at least 4 members (excludes halogenated alkanes) is 1. The van der Waals surface area contributed by atoms with Gasteiger partial charge in [-0.25, -0.2) is 4.79 Å². The molecule has 0 unspecified atom stereocenters. The normalized spacial score (nSPS) is 11.2. The number of aromatic nitrogens is 4. The Balaban J connectivity index is 1.76. The van der Waals surface area contributed by atoms with Crippen LogP contribution in [0.25, 0.3) is 33.7 Å². The van der Waals surface area contributed by atoms with Crippen molar-refractivity contribution in [1.82, 2.24) is 19.7 Å². The van der Waals surface area contributed by atoms with E-state index < -0.39 is 5.69 Å². The number of nitrogens with zero attached hydrogens (tertiary/aromatic N) is 3. The monoisotopic (exact) mass is 396 g/mol. The summed E-state index contributed by atoms with van der Waals surface area (Å²) in [6.07, 6.45) is 1.66. The topological polar surface area (TPSA) is 93.8 Å². The van der Waals surface area contributed by atoms with E-state index >= 15 is 0 Å². The molecule has 0 aliphatic rings. The van der Waals surface area contributed by atoms with E-state index in [9.17, 15) is 9.59 Å². The van der Waals surface area contributed by atoms with E-state index in [1.807, 2.05) is 19.1 Å². The van der Waals surface area contributed by atoms with Gasteiger partial charge in [0.1, 0.15) is 0 Å². The molecule has 1 N–H and O–H groups in total. The minimum Gasteiger partial charge on any atom is -0.334 e. The Bertz CT molecular complexity index is 1270. The molecular formula is C20H17ClN4O3. The summed E-state index contributed by atoms with van der Waals surface area (Å²) >= 11 is 6.18. The van der Waals surface area contributed by atoms with E-state index in [1.54, 1.807) is 30.3 Å². The number of fused-ring (bicyclic) bond motifs is 1. The van der Waals surface area contributed by atoms with E-state index in [0.717, 1.165) is 12.8 Å². The van der Waals surface area contributed by atoms with Crippen LogP contribution >= 0.6 is 11.6 Å². The molecule has 0 saturated carbocycles. The van der Waals surface area contributed by atoms with Crippen molar-refractivity contribution in [2.45, 2.75) is 26.3 Å². The zero-order chi connectivity index (χ0) is 19.7. The summed E-state index contributed by atoms with van der Waals surface area (Å²) in [6.45, 7) is 2.40. The number of benzene rings is 2. The maximum atomic E-state index is 12.6. The van der Waals surface area contributed by atoms with Gasteiger partial charge in [-0.05, 0) is 36.8 Å². The Kier molecular flexibility index (Phi) is 4.83. The van der Waals surface area contributed by atoms with E-state index in [-0.39, 0.29) is 11.4 Å². The van der Waals surface area contributed by atoms with Gasteiger partial charge in [0.05, 0.1) is 15.9 Å². The van der Waals surface area contributed by atoms with Crippen molar-refractivity contribution in [2.75, 3.05) is 0 Å². The van der Waals surface area contributed by atoms with Crippen molar-refractivity contribution in [3.63, 3.8) is 0 Å². The average molecular weight is 397 g/mol. The molecular weight excluding hydrogens is 380 g/mol. The second kappa shape index (κ2) is 7.44. The minimum absolute atomic E-state index is 0.271. The Hall–Kier alpha value is -3.19. The molecule has 0 aliphatic carbocycles. The molecule has 28 heavy (non-hydrogen) atoms. The van der Waals surface area contributed by atoms with Gasteiger partial charge >= 0.3 is 5.69 Å². The number of aromatic amines is 1. The Morgan fingerprint density at radius 3 is 2.79 bits per heavy atom. The van der Waals surface area contributed by atoms with Crippen LogP contribution in [-0.2, 0) is 6.54 Å². The number of hydrogen-bond donors (Lipinski definition) is 1. The molecule has 0 spiro atoms. The van der Waals surface area contributed by atoms with Crippen molar-refractivity contribution >= 4 is 22.5 Å². The van der Waals surface area contributed by atoms with Gasteiger partial charge in [-0.1, -0.05) is 42.2 Å². The fourth-order valence-corrected chi connectivity index (χ4v) is 3.22. The third kappa shape index (κ3) is 3.25. The molecule has 0 aliphatic heterocycles. The third-order valence-electron chi connectivity index (χ3n) is 4.50. The first-order valence-electron chi connectivity index (χ1n) is 8.94. The second-order valence-corrected chi connectivity index (χ2v) is 6.81. The fraction of sp³-hybridized carbons (Fsp3) is 0.200. The quantitative estimate of drug-likeness (QED) is 0.552. The maximum Gasteiger partial charge on any atom is 0.328 e. The van der Waals surface area contributed by atoms with Gasteiger partial charge in [0.2, 0.25) is 5.82 Å². The van der Waals surface area contributed by atoms with Crippen LogP contribution in [0.1, 0.15) is 19.8 Å². The molecule has 4 aromatic rings. The first-order chi connectivity index (χ1) is 13.6. The number of rotatable bonds is 5. The van der Waals surface area contributed by atoms with Crippen LogP contribution in [0.5, 0.6) is 0 Å². The molecule has 0 fully saturated rings. The van der Waals surface area contributed by atoms with Crippen molar-refractivity contribution in [3.8, 4) is 22.8 Å². The van der Waals surface area contributed by atoms with E-state index in [0.29, 0.717) is 39.4 Å². The second-order valence-electron chi connectivity index (χ2n) is 6.40. The SMILES string of the molecule is CCCCn1c(=O)[nH]c2cc(-c3nc(-c4ccccc4Cl)no3)ccc2c1=O. The van der Waals surface area contributed by atoms with Crippen molar-refractivity contribution in [2.24, 2.45) is 0 Å². The standard InChI is InChI=1S/C20H17ClN4O3/c1-2-3-10-25-19(26)14-9-8-12(11-16(14)22-20(25)27)18-23-17(24-28-18)13-6-4-5-7-15(13)21/h4-9,11H,2-3,10H2,1H3,(H,22,27). The molecule has 2 heterocycles. The van der Waals surface area contributed by atoms with Gasteiger partial charge in [0.15, 0.2) is 0 Å². The van der Waals surface area contributed by atoms with Crippen LogP contribution in [0.4, 0.5) is 0 Å². The summed E-state index contributed by atoms with van der Waals surface area (Å²) in [5.74, 6) is 0.636. The Labute approximate surface area is 164 Å². The third-order valence-corrected chi connectivity index (χ3v) is 4.83. The highest BCUT2D eigenvalue weighted by Crippen LogP contribution is 2.28. The van der Waals surface area contributed by atoms with Crippen LogP contribution < -0.4 is 11.2 Å². The molecule has 0 amide bonds. The number of halogens is 1. The summed E-state index contributed by atoms with van der Waals surface area (Å²) in [7, 11) is 0. The van der Waals surface area contributed by atoms with Crippen LogP contribution in [0.2, 0.25) is 5.02 Å². The van der Waals surface area contributed by atoms with Gasteiger partial charge in [0, 0.05) is 17.7 Å². The van der Waals surface area contributed by atoms with Crippen molar-refractivity contribution in [3.05, 3.63) is 68.3 Å². The fourth-order valence-electron chi connectivity index (χ4n) is 3.00. The first kappa shape index (κ1) is 18.2. The predicted molar refractivity (Wildman–Crippen MR) is 107 cm³/mol. The molecule has 2 aromatic carbocycles.